The predicted octanol–water partition coefficient (Wildman–Crippen LogP) is 3.98. The fourth-order valence-corrected chi connectivity index (χ4v) is 6.04. The lowest BCUT2D eigenvalue weighted by Crippen LogP contribution is -2.49. The van der Waals surface area contributed by atoms with Crippen LogP contribution in [0.15, 0.2) is 40.4 Å². The number of aliphatic imine (C=N–C) groups is 1. The van der Waals surface area contributed by atoms with Gasteiger partial charge in [-0.3, -0.25) is 14.8 Å². The quantitative estimate of drug-likeness (QED) is 0.521. The van der Waals surface area contributed by atoms with Crippen molar-refractivity contribution in [3.8, 4) is 11.8 Å². The number of amidine groups is 1. The molecule has 2 saturated heterocycles. The van der Waals surface area contributed by atoms with E-state index in [0.717, 1.165) is 101 Å². The van der Waals surface area contributed by atoms with Crippen molar-refractivity contribution in [2.45, 2.75) is 26.2 Å². The van der Waals surface area contributed by atoms with Gasteiger partial charge in [-0.1, -0.05) is 17.7 Å². The van der Waals surface area contributed by atoms with E-state index in [9.17, 15) is 0 Å². The minimum absolute atomic E-state index is 0.127. The van der Waals surface area contributed by atoms with Crippen molar-refractivity contribution in [2.24, 2.45) is 10.9 Å². The molecule has 41 heavy (non-hydrogen) atoms. The molecular weight excluding hydrogens is 521 g/mol. The van der Waals surface area contributed by atoms with Crippen LogP contribution in [0.3, 0.4) is 0 Å². The summed E-state index contributed by atoms with van der Waals surface area (Å²) < 4.78 is 26.9. The summed E-state index contributed by atoms with van der Waals surface area (Å²) in [5.74, 6) is 2.63. The number of anilines is 2. The normalized spacial score (nSPS) is 21.4. The maximum Gasteiger partial charge on any atom is 0.326 e. The molecule has 2 aliphatic carbocycles. The van der Waals surface area contributed by atoms with Gasteiger partial charge in [-0.25, -0.2) is 4.39 Å². The van der Waals surface area contributed by atoms with E-state index in [4.69, 9.17) is 14.5 Å². The number of allylic oxidation sites excluding steroid dienone is 1. The summed E-state index contributed by atoms with van der Waals surface area (Å²) in [6.07, 6.45) is 7.31. The van der Waals surface area contributed by atoms with Crippen LogP contribution in [0.1, 0.15) is 30.9 Å². The highest BCUT2D eigenvalue weighted by atomic mass is 19.1. The number of hydrogen-bond donors (Lipinski definition) is 1. The maximum absolute atomic E-state index is 15.4. The molecule has 7 rings (SSSR count). The van der Waals surface area contributed by atoms with Crippen LogP contribution in [-0.4, -0.2) is 97.7 Å². The van der Waals surface area contributed by atoms with Gasteiger partial charge in [0.15, 0.2) is 11.6 Å². The SMILES string of the molecule is CC1=Cc2c(ccc(Oc3nc(NC4=NCC(C5CC5)=C4)cc(N4CCN(CCN5CCOCC5)CC4)n3)c2F)C1. The number of fused-ring (bicyclic) bond motifs is 1. The highest BCUT2D eigenvalue weighted by Gasteiger charge is 2.28. The molecule has 216 valence electrons. The second-order valence-corrected chi connectivity index (χ2v) is 11.7. The van der Waals surface area contributed by atoms with Gasteiger partial charge in [-0.2, -0.15) is 9.97 Å². The molecule has 1 saturated carbocycles. The maximum atomic E-state index is 15.4. The summed E-state index contributed by atoms with van der Waals surface area (Å²) in [4.78, 5) is 21.3. The third kappa shape index (κ3) is 6.14. The Kier molecular flexibility index (Phi) is 7.45. The Morgan fingerprint density at radius 3 is 2.56 bits per heavy atom. The standard InChI is InChI=1S/C31H38FN7O2/c1-21-16-23-4-5-26(30(32)25(23)17-21)41-31-35-28(34-27-18-24(20-33-27)22-2-3-22)19-29(36-31)39-10-8-37(9-11-39)6-7-38-12-14-40-15-13-38/h4-5,17-19,22H,2-3,6-16,20H2,1H3,(H,33,34,35,36). The Morgan fingerprint density at radius 2 is 1.78 bits per heavy atom. The number of piperazine rings is 1. The minimum atomic E-state index is -0.367. The van der Waals surface area contributed by atoms with E-state index in [1.165, 1.54) is 18.4 Å². The average Bonchev–Trinajstić information content (AvgIpc) is 3.62. The van der Waals surface area contributed by atoms with Gasteiger partial charge >= 0.3 is 6.01 Å². The molecule has 0 unspecified atom stereocenters. The van der Waals surface area contributed by atoms with E-state index in [2.05, 4.69) is 36.1 Å². The Labute approximate surface area is 240 Å². The third-order valence-corrected chi connectivity index (χ3v) is 8.63. The second kappa shape index (κ2) is 11.5. The fraction of sp³-hybridized carbons (Fsp3) is 0.516. The number of morpholine rings is 1. The van der Waals surface area contributed by atoms with Gasteiger partial charge in [0.1, 0.15) is 17.5 Å². The minimum Gasteiger partial charge on any atom is -0.421 e. The van der Waals surface area contributed by atoms with E-state index in [-0.39, 0.29) is 17.6 Å². The van der Waals surface area contributed by atoms with Crippen LogP contribution in [0.25, 0.3) is 6.08 Å². The monoisotopic (exact) mass is 559 g/mol. The molecule has 1 aromatic heterocycles. The largest absolute Gasteiger partial charge is 0.421 e. The molecule has 5 aliphatic rings. The van der Waals surface area contributed by atoms with Crippen molar-refractivity contribution in [3.63, 3.8) is 0 Å². The van der Waals surface area contributed by atoms with E-state index < -0.39 is 0 Å². The van der Waals surface area contributed by atoms with Gasteiger partial charge in [0.05, 0.1) is 19.8 Å². The van der Waals surface area contributed by atoms with Crippen molar-refractivity contribution in [1.82, 2.24) is 19.8 Å². The van der Waals surface area contributed by atoms with Crippen LogP contribution in [-0.2, 0) is 11.2 Å². The Balaban J connectivity index is 1.08. The van der Waals surface area contributed by atoms with E-state index >= 15 is 4.39 Å². The van der Waals surface area contributed by atoms with Crippen molar-refractivity contribution in [1.29, 1.82) is 0 Å². The molecule has 0 radical (unpaired) electrons. The number of hydrogen-bond acceptors (Lipinski definition) is 9. The van der Waals surface area contributed by atoms with Crippen molar-refractivity contribution in [3.05, 3.63) is 52.4 Å². The number of aromatic nitrogens is 2. The number of nitrogens with zero attached hydrogens (tertiary/aromatic N) is 6. The number of rotatable bonds is 8. The van der Waals surface area contributed by atoms with Gasteiger partial charge in [0.25, 0.3) is 0 Å². The predicted molar refractivity (Wildman–Crippen MR) is 159 cm³/mol. The lowest BCUT2D eigenvalue weighted by molar-refractivity contribution is 0.0331. The molecular formula is C31H38FN7O2. The summed E-state index contributed by atoms with van der Waals surface area (Å²) in [5.41, 5.74) is 4.10. The Hall–Kier alpha value is -3.34. The number of halogens is 1. The topological polar surface area (TPSA) is 78.4 Å². The molecule has 3 aliphatic heterocycles. The van der Waals surface area contributed by atoms with Crippen LogP contribution >= 0.6 is 0 Å². The van der Waals surface area contributed by atoms with Crippen molar-refractivity contribution >= 4 is 23.5 Å². The zero-order chi connectivity index (χ0) is 27.8. The molecule has 1 aromatic carbocycles. The zero-order valence-corrected chi connectivity index (χ0v) is 23.7. The summed E-state index contributed by atoms with van der Waals surface area (Å²) in [6.45, 7) is 12.2. The number of ether oxygens (including phenoxy) is 2. The first-order valence-electron chi connectivity index (χ1n) is 14.9. The van der Waals surface area contributed by atoms with Gasteiger partial charge in [-0.15, -0.1) is 0 Å². The molecule has 0 amide bonds. The number of benzene rings is 1. The molecule has 0 spiro atoms. The fourth-order valence-electron chi connectivity index (χ4n) is 6.04. The van der Waals surface area contributed by atoms with Crippen LogP contribution in [0.4, 0.5) is 16.0 Å². The molecule has 2 aromatic rings. The smallest absolute Gasteiger partial charge is 0.326 e. The Bertz CT molecular complexity index is 1390. The summed E-state index contributed by atoms with van der Waals surface area (Å²) in [7, 11) is 0. The van der Waals surface area contributed by atoms with Crippen LogP contribution in [0.5, 0.6) is 11.8 Å². The zero-order valence-electron chi connectivity index (χ0n) is 23.7. The molecule has 0 atom stereocenters. The first kappa shape index (κ1) is 26.6. The molecule has 3 fully saturated rings. The molecule has 10 heteroatoms. The molecule has 4 heterocycles. The highest BCUT2D eigenvalue weighted by molar-refractivity contribution is 6.05. The van der Waals surface area contributed by atoms with Crippen molar-refractivity contribution in [2.75, 3.05) is 82.3 Å². The second-order valence-electron chi connectivity index (χ2n) is 11.7. The van der Waals surface area contributed by atoms with E-state index in [0.29, 0.717) is 17.3 Å². The summed E-state index contributed by atoms with van der Waals surface area (Å²) in [6, 6.07) is 5.69. The van der Waals surface area contributed by atoms with Crippen LogP contribution in [0.2, 0.25) is 0 Å². The van der Waals surface area contributed by atoms with E-state index in [1.807, 2.05) is 25.1 Å². The third-order valence-electron chi connectivity index (χ3n) is 8.63. The first-order chi connectivity index (χ1) is 20.1. The molecule has 1 N–H and O–H groups in total. The van der Waals surface area contributed by atoms with Gasteiger partial charge < -0.3 is 19.7 Å². The summed E-state index contributed by atoms with van der Waals surface area (Å²) >= 11 is 0. The van der Waals surface area contributed by atoms with Gasteiger partial charge in [-0.05, 0) is 55.4 Å². The van der Waals surface area contributed by atoms with Gasteiger partial charge in [0.2, 0.25) is 0 Å². The van der Waals surface area contributed by atoms with Gasteiger partial charge in [0, 0.05) is 64.0 Å². The van der Waals surface area contributed by atoms with Crippen LogP contribution in [0, 0.1) is 11.7 Å². The molecule has 9 nitrogen and oxygen atoms in total. The summed E-state index contributed by atoms with van der Waals surface area (Å²) in [5, 5.41) is 3.37. The van der Waals surface area contributed by atoms with E-state index in [1.54, 1.807) is 6.07 Å². The first-order valence-corrected chi connectivity index (χ1v) is 14.9. The van der Waals surface area contributed by atoms with Crippen LogP contribution < -0.4 is 15.0 Å². The highest BCUT2D eigenvalue weighted by Crippen LogP contribution is 2.38. The average molecular weight is 560 g/mol. The lowest BCUT2D eigenvalue weighted by atomic mass is 10.1. The lowest BCUT2D eigenvalue weighted by Gasteiger charge is -2.37. The number of nitrogens with one attached hydrogen (secondary N) is 1. The van der Waals surface area contributed by atoms with Crippen molar-refractivity contribution < 1.29 is 13.9 Å². The Morgan fingerprint density at radius 1 is 1.00 bits per heavy atom. The molecule has 0 bridgehead atoms.